The van der Waals surface area contributed by atoms with Gasteiger partial charge < -0.3 is 10.1 Å². The molecule has 0 amide bonds. The summed E-state index contributed by atoms with van der Waals surface area (Å²) in [5.41, 5.74) is 3.53. The van der Waals surface area contributed by atoms with E-state index in [1.807, 2.05) is 0 Å². The average molecular weight is 251 g/mol. The number of nitrogens with one attached hydrogen (secondary N) is 1. The molecule has 1 atom stereocenters. The van der Waals surface area contributed by atoms with Crippen LogP contribution in [-0.4, -0.2) is 29.5 Å². The van der Waals surface area contributed by atoms with Gasteiger partial charge in [-0.1, -0.05) is 0 Å². The molecule has 1 unspecified atom stereocenters. The Hall–Kier alpha value is -1.03. The van der Waals surface area contributed by atoms with Crippen molar-refractivity contribution in [2.24, 2.45) is 5.92 Å². The Morgan fingerprint density at radius 3 is 2.78 bits per heavy atom. The predicted molar refractivity (Wildman–Crippen MR) is 74.1 cm³/mol. The lowest BCUT2D eigenvalue weighted by Crippen LogP contribution is -2.24. The molecule has 0 radical (unpaired) electrons. The third-order valence-corrected chi connectivity index (χ3v) is 3.64. The van der Waals surface area contributed by atoms with E-state index in [4.69, 9.17) is 4.74 Å². The zero-order valence-electron chi connectivity index (χ0n) is 12.0. The number of nitrogens with zero attached hydrogens (tertiary/aromatic N) is 2. The molecule has 1 N–H and O–H groups in total. The molecule has 18 heavy (non-hydrogen) atoms. The lowest BCUT2D eigenvalue weighted by molar-refractivity contribution is 0.0595. The quantitative estimate of drug-likeness (QED) is 0.894. The SMILES string of the molecule is Cc1nn(C(C)C)c(C)c1NCC1CCCOC1. The number of hydrogen-bond donors (Lipinski definition) is 1. The first-order valence-corrected chi connectivity index (χ1v) is 6.97. The molecule has 0 aromatic carbocycles. The summed E-state index contributed by atoms with van der Waals surface area (Å²) in [6.07, 6.45) is 2.46. The summed E-state index contributed by atoms with van der Waals surface area (Å²) in [5, 5.41) is 8.16. The van der Waals surface area contributed by atoms with Gasteiger partial charge in [0.05, 0.1) is 23.7 Å². The van der Waals surface area contributed by atoms with Crippen LogP contribution in [0.15, 0.2) is 0 Å². The summed E-state index contributed by atoms with van der Waals surface area (Å²) in [6, 6.07) is 0.414. The van der Waals surface area contributed by atoms with E-state index in [0.717, 1.165) is 25.5 Å². The molecular formula is C14H25N3O. The van der Waals surface area contributed by atoms with Gasteiger partial charge in [0.15, 0.2) is 0 Å². The fourth-order valence-electron chi connectivity index (χ4n) is 2.64. The van der Waals surface area contributed by atoms with Crippen molar-refractivity contribution in [2.45, 2.75) is 46.6 Å². The van der Waals surface area contributed by atoms with Crippen LogP contribution in [0, 0.1) is 19.8 Å². The third kappa shape index (κ3) is 2.86. The highest BCUT2D eigenvalue weighted by molar-refractivity contribution is 5.52. The highest BCUT2D eigenvalue weighted by atomic mass is 16.5. The fraction of sp³-hybridized carbons (Fsp3) is 0.786. The summed E-state index contributed by atoms with van der Waals surface area (Å²) in [6.45, 7) is 11.4. The van der Waals surface area contributed by atoms with Gasteiger partial charge in [0.1, 0.15) is 0 Å². The molecule has 1 fully saturated rings. The van der Waals surface area contributed by atoms with Crippen molar-refractivity contribution in [3.63, 3.8) is 0 Å². The second-order valence-electron chi connectivity index (χ2n) is 5.55. The van der Waals surface area contributed by atoms with Crippen LogP contribution in [-0.2, 0) is 4.74 Å². The molecule has 2 rings (SSSR count). The Balaban J connectivity index is 2.00. The van der Waals surface area contributed by atoms with E-state index in [0.29, 0.717) is 12.0 Å². The highest BCUT2D eigenvalue weighted by Crippen LogP contribution is 2.23. The van der Waals surface area contributed by atoms with Crippen LogP contribution in [0.4, 0.5) is 5.69 Å². The molecular weight excluding hydrogens is 226 g/mol. The second-order valence-corrected chi connectivity index (χ2v) is 5.55. The lowest BCUT2D eigenvalue weighted by atomic mass is 10.0. The molecule has 102 valence electrons. The molecule has 1 aromatic heterocycles. The van der Waals surface area contributed by atoms with Gasteiger partial charge in [0.2, 0.25) is 0 Å². The van der Waals surface area contributed by atoms with Gasteiger partial charge in [0.25, 0.3) is 0 Å². The zero-order valence-corrected chi connectivity index (χ0v) is 12.0. The molecule has 0 aliphatic carbocycles. The average Bonchev–Trinajstić information content (AvgIpc) is 2.64. The summed E-state index contributed by atoms with van der Waals surface area (Å²) >= 11 is 0. The topological polar surface area (TPSA) is 39.1 Å². The molecule has 4 nitrogen and oxygen atoms in total. The van der Waals surface area contributed by atoms with Crippen LogP contribution >= 0.6 is 0 Å². The molecule has 1 aliphatic heterocycles. The van der Waals surface area contributed by atoms with Gasteiger partial charge in [-0.05, 0) is 46.5 Å². The summed E-state index contributed by atoms with van der Waals surface area (Å²) in [7, 11) is 0. The van der Waals surface area contributed by atoms with Crippen LogP contribution < -0.4 is 5.32 Å². The van der Waals surface area contributed by atoms with Crippen LogP contribution in [0.25, 0.3) is 0 Å². The van der Waals surface area contributed by atoms with Crippen LogP contribution in [0.5, 0.6) is 0 Å². The molecule has 1 saturated heterocycles. The van der Waals surface area contributed by atoms with E-state index in [1.54, 1.807) is 0 Å². The number of anilines is 1. The number of rotatable bonds is 4. The molecule has 0 saturated carbocycles. The van der Waals surface area contributed by atoms with Crippen molar-refractivity contribution in [1.82, 2.24) is 9.78 Å². The minimum atomic E-state index is 0.414. The molecule has 1 aliphatic rings. The molecule has 0 bridgehead atoms. The molecule has 0 spiro atoms. The van der Waals surface area contributed by atoms with Gasteiger partial charge in [-0.25, -0.2) is 0 Å². The largest absolute Gasteiger partial charge is 0.382 e. The van der Waals surface area contributed by atoms with E-state index >= 15 is 0 Å². The predicted octanol–water partition coefficient (Wildman–Crippen LogP) is 2.92. The van der Waals surface area contributed by atoms with Crippen LogP contribution in [0.1, 0.15) is 44.1 Å². The monoisotopic (exact) mass is 251 g/mol. The van der Waals surface area contributed by atoms with Crippen LogP contribution in [0.3, 0.4) is 0 Å². The van der Waals surface area contributed by atoms with Crippen molar-refractivity contribution < 1.29 is 4.74 Å². The summed E-state index contributed by atoms with van der Waals surface area (Å²) in [5.74, 6) is 0.639. The summed E-state index contributed by atoms with van der Waals surface area (Å²) in [4.78, 5) is 0. The minimum Gasteiger partial charge on any atom is -0.382 e. The Kier molecular flexibility index (Phi) is 4.27. The molecule has 1 aromatic rings. The number of aryl methyl sites for hydroxylation is 1. The summed E-state index contributed by atoms with van der Waals surface area (Å²) < 4.78 is 7.61. The Labute approximate surface area is 110 Å². The van der Waals surface area contributed by atoms with E-state index in [2.05, 4.69) is 42.8 Å². The first-order valence-electron chi connectivity index (χ1n) is 6.97. The minimum absolute atomic E-state index is 0.414. The van der Waals surface area contributed by atoms with Gasteiger partial charge in [-0.2, -0.15) is 5.10 Å². The number of hydrogen-bond acceptors (Lipinski definition) is 3. The Morgan fingerprint density at radius 2 is 2.22 bits per heavy atom. The normalized spacial score (nSPS) is 20.4. The van der Waals surface area contributed by atoms with E-state index < -0.39 is 0 Å². The van der Waals surface area contributed by atoms with Crippen molar-refractivity contribution in [1.29, 1.82) is 0 Å². The highest BCUT2D eigenvalue weighted by Gasteiger charge is 2.17. The molecule has 2 heterocycles. The maximum absolute atomic E-state index is 5.51. The van der Waals surface area contributed by atoms with Crippen molar-refractivity contribution >= 4 is 5.69 Å². The number of aromatic nitrogens is 2. The van der Waals surface area contributed by atoms with Crippen LogP contribution in [0.2, 0.25) is 0 Å². The van der Waals surface area contributed by atoms with Gasteiger partial charge >= 0.3 is 0 Å². The van der Waals surface area contributed by atoms with E-state index in [1.165, 1.54) is 24.2 Å². The van der Waals surface area contributed by atoms with Crippen molar-refractivity contribution in [3.8, 4) is 0 Å². The maximum atomic E-state index is 5.51. The zero-order chi connectivity index (χ0) is 13.1. The number of ether oxygens (including phenoxy) is 1. The third-order valence-electron chi connectivity index (χ3n) is 3.64. The Bertz CT molecular complexity index is 392. The van der Waals surface area contributed by atoms with E-state index in [9.17, 15) is 0 Å². The van der Waals surface area contributed by atoms with Crippen molar-refractivity contribution in [3.05, 3.63) is 11.4 Å². The van der Waals surface area contributed by atoms with Crippen molar-refractivity contribution in [2.75, 3.05) is 25.1 Å². The smallest absolute Gasteiger partial charge is 0.0828 e. The standard InChI is InChI=1S/C14H25N3O/c1-10(2)17-12(4)14(11(3)16-17)15-8-13-6-5-7-18-9-13/h10,13,15H,5-9H2,1-4H3. The first kappa shape index (κ1) is 13.4. The molecule has 4 heteroatoms. The second kappa shape index (κ2) is 5.74. The van der Waals surface area contributed by atoms with Gasteiger partial charge in [-0.15, -0.1) is 0 Å². The van der Waals surface area contributed by atoms with Gasteiger partial charge in [0, 0.05) is 19.2 Å². The van der Waals surface area contributed by atoms with E-state index in [-0.39, 0.29) is 0 Å². The first-order chi connectivity index (χ1) is 8.59. The van der Waals surface area contributed by atoms with Gasteiger partial charge in [-0.3, -0.25) is 4.68 Å². The lowest BCUT2D eigenvalue weighted by Gasteiger charge is -2.22. The maximum Gasteiger partial charge on any atom is 0.0828 e. The fourth-order valence-corrected chi connectivity index (χ4v) is 2.64. The Morgan fingerprint density at radius 1 is 1.44 bits per heavy atom.